The lowest BCUT2D eigenvalue weighted by molar-refractivity contribution is -0.385. The molecule has 0 spiro atoms. The largest absolute Gasteiger partial charge is 0.484 e. The molecule has 0 aliphatic carbocycles. The number of nitrogens with one attached hydrogen (secondary N) is 2. The molecule has 3 rings (SSSR count). The number of nitrogens with zero attached hydrogens (tertiary/aromatic N) is 3. The van der Waals surface area contributed by atoms with Crippen molar-refractivity contribution in [2.45, 2.75) is 25.7 Å². The number of rotatable bonds is 8. The molecule has 0 radical (unpaired) electrons. The highest BCUT2D eigenvalue weighted by Crippen LogP contribution is 2.23. The van der Waals surface area contributed by atoms with Gasteiger partial charge in [-0.15, -0.1) is 0 Å². The van der Waals surface area contributed by atoms with Crippen LogP contribution in [-0.2, 0) is 14.8 Å². The van der Waals surface area contributed by atoms with Gasteiger partial charge in [-0.25, -0.2) is 18.4 Å². The summed E-state index contributed by atoms with van der Waals surface area (Å²) in [4.78, 5) is 30.7. The predicted octanol–water partition coefficient (Wildman–Crippen LogP) is 3.13. The molecule has 1 amide bonds. The first-order valence-electron chi connectivity index (χ1n) is 9.66. The molecule has 2 aromatic carbocycles. The number of amides is 1. The molecule has 2 N–H and O–H groups in total. The molecule has 0 saturated heterocycles. The first-order chi connectivity index (χ1) is 15.5. The van der Waals surface area contributed by atoms with Crippen LogP contribution in [0.3, 0.4) is 0 Å². The number of sulfonamides is 1. The summed E-state index contributed by atoms with van der Waals surface area (Å²) in [6.07, 6.45) is 0. The summed E-state index contributed by atoms with van der Waals surface area (Å²) in [5.41, 5.74) is 1.37. The summed E-state index contributed by atoms with van der Waals surface area (Å²) in [5.74, 6) is 0.440. The van der Waals surface area contributed by atoms with Crippen molar-refractivity contribution in [3.8, 4) is 5.75 Å². The Morgan fingerprint density at radius 2 is 1.76 bits per heavy atom. The lowest BCUT2D eigenvalue weighted by Crippen LogP contribution is -2.20. The molecule has 0 aliphatic heterocycles. The molecule has 3 aromatic rings. The fourth-order valence-electron chi connectivity index (χ4n) is 2.95. The van der Waals surface area contributed by atoms with Gasteiger partial charge >= 0.3 is 0 Å². The highest BCUT2D eigenvalue weighted by Gasteiger charge is 2.16. The van der Waals surface area contributed by atoms with Gasteiger partial charge in [-0.05, 0) is 57.2 Å². The van der Waals surface area contributed by atoms with Crippen LogP contribution in [0.2, 0.25) is 0 Å². The van der Waals surface area contributed by atoms with Crippen LogP contribution in [0, 0.1) is 30.9 Å². The molecule has 0 atom stereocenters. The van der Waals surface area contributed by atoms with E-state index >= 15 is 0 Å². The SMILES string of the molecule is Cc1cc(NS(=O)(=O)c2ccc(NC(=O)COc3ccc([N+](=O)[O-])c(C)c3)cc2)nc(C)n1. The number of ether oxygens (including phenoxy) is 1. The van der Waals surface area contributed by atoms with E-state index in [2.05, 4.69) is 20.0 Å². The fourth-order valence-corrected chi connectivity index (χ4v) is 3.94. The number of anilines is 2. The van der Waals surface area contributed by atoms with Crippen molar-refractivity contribution in [3.63, 3.8) is 0 Å². The first-order valence-corrected chi connectivity index (χ1v) is 11.1. The number of nitro benzene ring substituents is 1. The molecule has 0 bridgehead atoms. The smallest absolute Gasteiger partial charge is 0.272 e. The molecule has 172 valence electrons. The second-order valence-electron chi connectivity index (χ2n) is 7.11. The second kappa shape index (κ2) is 9.61. The number of nitro groups is 1. The van der Waals surface area contributed by atoms with Gasteiger partial charge in [-0.1, -0.05) is 0 Å². The van der Waals surface area contributed by atoms with Crippen molar-refractivity contribution in [1.82, 2.24) is 9.97 Å². The number of benzene rings is 2. The minimum absolute atomic E-state index is 0.00739. The molecule has 0 saturated carbocycles. The monoisotopic (exact) mass is 471 g/mol. The van der Waals surface area contributed by atoms with Gasteiger partial charge in [0.25, 0.3) is 21.6 Å². The highest BCUT2D eigenvalue weighted by atomic mass is 32.2. The van der Waals surface area contributed by atoms with Crippen LogP contribution < -0.4 is 14.8 Å². The molecular weight excluding hydrogens is 450 g/mol. The van der Waals surface area contributed by atoms with Crippen molar-refractivity contribution < 1.29 is 22.9 Å². The van der Waals surface area contributed by atoms with E-state index in [4.69, 9.17) is 4.74 Å². The minimum atomic E-state index is -3.88. The zero-order valence-corrected chi connectivity index (χ0v) is 18.8. The van der Waals surface area contributed by atoms with Gasteiger partial charge < -0.3 is 10.1 Å². The highest BCUT2D eigenvalue weighted by molar-refractivity contribution is 7.92. The van der Waals surface area contributed by atoms with Crippen molar-refractivity contribution in [2.24, 2.45) is 0 Å². The van der Waals surface area contributed by atoms with Gasteiger partial charge in [0, 0.05) is 29.1 Å². The molecule has 33 heavy (non-hydrogen) atoms. The Balaban J connectivity index is 1.60. The van der Waals surface area contributed by atoms with E-state index in [0.29, 0.717) is 28.5 Å². The van der Waals surface area contributed by atoms with Crippen LogP contribution in [0.25, 0.3) is 0 Å². The zero-order chi connectivity index (χ0) is 24.2. The van der Waals surface area contributed by atoms with Crippen LogP contribution in [0.15, 0.2) is 53.4 Å². The minimum Gasteiger partial charge on any atom is -0.484 e. The summed E-state index contributed by atoms with van der Waals surface area (Å²) < 4.78 is 32.9. The Kier molecular flexibility index (Phi) is 6.87. The lowest BCUT2D eigenvalue weighted by Gasteiger charge is -2.10. The Labute approximate surface area is 190 Å². The average Bonchev–Trinajstić information content (AvgIpc) is 2.71. The van der Waals surface area contributed by atoms with Crippen LogP contribution in [-0.4, -0.2) is 35.8 Å². The maximum Gasteiger partial charge on any atom is 0.272 e. The molecule has 0 fully saturated rings. The number of carbonyl (C=O) groups is 1. The van der Waals surface area contributed by atoms with E-state index in [0.717, 1.165) is 0 Å². The second-order valence-corrected chi connectivity index (χ2v) is 8.80. The van der Waals surface area contributed by atoms with E-state index < -0.39 is 20.9 Å². The Hall–Kier alpha value is -4.06. The van der Waals surface area contributed by atoms with Crippen LogP contribution in [0.1, 0.15) is 17.1 Å². The third-order valence-electron chi connectivity index (χ3n) is 4.39. The molecule has 0 aliphatic rings. The first kappa shape index (κ1) is 23.6. The topological polar surface area (TPSA) is 153 Å². The van der Waals surface area contributed by atoms with Crippen molar-refractivity contribution in [2.75, 3.05) is 16.6 Å². The summed E-state index contributed by atoms with van der Waals surface area (Å²) in [7, 11) is -3.88. The molecule has 0 unspecified atom stereocenters. The number of carbonyl (C=O) groups excluding carboxylic acids is 1. The van der Waals surface area contributed by atoms with E-state index in [1.807, 2.05) is 0 Å². The van der Waals surface area contributed by atoms with Crippen LogP contribution in [0.5, 0.6) is 5.75 Å². The summed E-state index contributed by atoms with van der Waals surface area (Å²) in [5, 5.41) is 13.5. The van der Waals surface area contributed by atoms with E-state index in [9.17, 15) is 23.3 Å². The van der Waals surface area contributed by atoms with Crippen molar-refractivity contribution in [3.05, 3.63) is 75.7 Å². The number of hydrogen-bond donors (Lipinski definition) is 2. The number of aromatic nitrogens is 2. The zero-order valence-electron chi connectivity index (χ0n) is 18.0. The molecular formula is C21H21N5O6S. The maximum absolute atomic E-state index is 12.6. The van der Waals surface area contributed by atoms with Crippen molar-refractivity contribution >= 4 is 33.1 Å². The fraction of sp³-hybridized carbons (Fsp3) is 0.190. The van der Waals surface area contributed by atoms with E-state index in [1.165, 1.54) is 48.5 Å². The van der Waals surface area contributed by atoms with Crippen molar-refractivity contribution in [1.29, 1.82) is 0 Å². The normalized spacial score (nSPS) is 11.0. The van der Waals surface area contributed by atoms with Gasteiger partial charge in [0.15, 0.2) is 6.61 Å². The summed E-state index contributed by atoms with van der Waals surface area (Å²) in [6.45, 7) is 4.64. The molecule has 1 aromatic heterocycles. The summed E-state index contributed by atoms with van der Waals surface area (Å²) in [6, 6.07) is 11.3. The van der Waals surface area contributed by atoms with Gasteiger partial charge in [0.1, 0.15) is 17.4 Å². The third kappa shape index (κ3) is 6.23. The Morgan fingerprint density at radius 1 is 1.06 bits per heavy atom. The quantitative estimate of drug-likeness (QED) is 0.375. The van der Waals surface area contributed by atoms with Gasteiger partial charge in [-0.3, -0.25) is 19.6 Å². The molecule has 11 nitrogen and oxygen atoms in total. The van der Waals surface area contributed by atoms with E-state index in [-0.39, 0.29) is 23.0 Å². The number of hydrogen-bond acceptors (Lipinski definition) is 8. The molecule has 1 heterocycles. The molecule has 12 heteroatoms. The average molecular weight is 471 g/mol. The van der Waals surface area contributed by atoms with Gasteiger partial charge in [-0.2, -0.15) is 0 Å². The number of aryl methyl sites for hydroxylation is 3. The third-order valence-corrected chi connectivity index (χ3v) is 5.76. The Bertz CT molecular complexity index is 1290. The van der Waals surface area contributed by atoms with E-state index in [1.54, 1.807) is 20.8 Å². The lowest BCUT2D eigenvalue weighted by atomic mass is 10.2. The standard InChI is InChI=1S/C21H21N5O6S/c1-13-10-17(6-9-19(13)26(28)29)32-12-21(27)24-16-4-7-18(8-5-16)33(30,31)25-20-11-14(2)22-15(3)23-20/h4-11H,12H2,1-3H3,(H,24,27)(H,22,23,25). The van der Waals surface area contributed by atoms with Gasteiger partial charge in [0.2, 0.25) is 0 Å². The van der Waals surface area contributed by atoms with Gasteiger partial charge in [0.05, 0.1) is 9.82 Å². The maximum atomic E-state index is 12.6. The van der Waals surface area contributed by atoms with Crippen LogP contribution >= 0.6 is 0 Å². The summed E-state index contributed by atoms with van der Waals surface area (Å²) >= 11 is 0. The predicted molar refractivity (Wildman–Crippen MR) is 121 cm³/mol. The Morgan fingerprint density at radius 3 is 2.36 bits per heavy atom. The van der Waals surface area contributed by atoms with Crippen LogP contribution in [0.4, 0.5) is 17.2 Å².